The molecule has 22 heavy (non-hydrogen) atoms. The van der Waals surface area contributed by atoms with E-state index in [2.05, 4.69) is 15.1 Å². The van der Waals surface area contributed by atoms with Crippen molar-refractivity contribution in [2.45, 2.75) is 25.9 Å². The highest BCUT2D eigenvalue weighted by Gasteiger charge is 2.11. The highest BCUT2D eigenvalue weighted by atomic mass is 32.1. The molecule has 1 fully saturated rings. The molecule has 0 saturated carbocycles. The first-order valence-corrected chi connectivity index (χ1v) is 7.83. The minimum Gasteiger partial charge on any atom is -0.508 e. The van der Waals surface area contributed by atoms with Gasteiger partial charge in [-0.15, -0.1) is 0 Å². The number of benzene rings is 1. The lowest BCUT2D eigenvalue weighted by atomic mass is 10.1. The Morgan fingerprint density at radius 1 is 1.18 bits per heavy atom. The number of likely N-dealkylation sites (tertiary alicyclic amines) is 1. The summed E-state index contributed by atoms with van der Waals surface area (Å²) in [4.78, 5) is 2.36. The molecule has 1 saturated heterocycles. The number of hydrogen-bond acceptors (Lipinski definition) is 5. The van der Waals surface area contributed by atoms with Gasteiger partial charge in [0, 0.05) is 0 Å². The molecule has 1 aliphatic rings. The van der Waals surface area contributed by atoms with Crippen molar-refractivity contribution in [3.05, 3.63) is 40.9 Å². The Morgan fingerprint density at radius 2 is 1.91 bits per heavy atom. The van der Waals surface area contributed by atoms with Gasteiger partial charge in [0.1, 0.15) is 12.1 Å². The number of piperidine rings is 1. The fourth-order valence-corrected chi connectivity index (χ4v) is 2.68. The Kier molecular flexibility index (Phi) is 4.65. The fraction of sp³-hybridized carbons (Fsp3) is 0.400. The van der Waals surface area contributed by atoms with Gasteiger partial charge in [0.15, 0.2) is 0 Å². The zero-order valence-electron chi connectivity index (χ0n) is 12.3. The van der Waals surface area contributed by atoms with Gasteiger partial charge in [-0.1, -0.05) is 6.42 Å². The lowest BCUT2D eigenvalue weighted by molar-refractivity contribution is 0.172. The highest BCUT2D eigenvalue weighted by molar-refractivity contribution is 7.71. The molecule has 1 N–H and O–H groups in total. The SMILES string of the molecule is Oc1ccc(/C=N/n2cnn(CN3CCCCC3)c2=S)cc1. The minimum atomic E-state index is 0.239. The standard InChI is InChI=1S/C15H19N5OS/c21-14-6-4-13(5-7-14)10-16-19-11-17-20(15(19)22)12-18-8-2-1-3-9-18/h4-7,10-11,21H,1-3,8-9,12H2/b16-10+. The predicted molar refractivity (Wildman–Crippen MR) is 87.6 cm³/mol. The van der Waals surface area contributed by atoms with Crippen LogP contribution in [0.15, 0.2) is 35.7 Å². The van der Waals surface area contributed by atoms with Crippen molar-refractivity contribution < 1.29 is 5.11 Å². The quantitative estimate of drug-likeness (QED) is 0.695. The molecule has 0 unspecified atom stereocenters. The van der Waals surface area contributed by atoms with Crippen LogP contribution in [0.3, 0.4) is 0 Å². The normalized spacial score (nSPS) is 16.4. The second kappa shape index (κ2) is 6.85. The first kappa shape index (κ1) is 14.9. The smallest absolute Gasteiger partial charge is 0.220 e. The van der Waals surface area contributed by atoms with Crippen LogP contribution in [0.2, 0.25) is 0 Å². The van der Waals surface area contributed by atoms with Crippen LogP contribution in [0, 0.1) is 4.77 Å². The second-order valence-electron chi connectivity index (χ2n) is 5.41. The molecule has 0 amide bonds. The molecule has 116 valence electrons. The lowest BCUT2D eigenvalue weighted by Crippen LogP contribution is -2.32. The van der Waals surface area contributed by atoms with Crippen molar-refractivity contribution in [3.63, 3.8) is 0 Å². The summed E-state index contributed by atoms with van der Waals surface area (Å²) < 4.78 is 3.97. The third kappa shape index (κ3) is 3.61. The molecule has 0 spiro atoms. The Balaban J connectivity index is 1.70. The number of nitrogens with zero attached hydrogens (tertiary/aromatic N) is 5. The average molecular weight is 317 g/mol. The van der Waals surface area contributed by atoms with E-state index in [0.29, 0.717) is 4.77 Å². The third-order valence-electron chi connectivity index (χ3n) is 3.72. The monoisotopic (exact) mass is 317 g/mol. The summed E-state index contributed by atoms with van der Waals surface area (Å²) in [6.45, 7) is 2.93. The average Bonchev–Trinajstić information content (AvgIpc) is 2.88. The zero-order chi connectivity index (χ0) is 15.4. The van der Waals surface area contributed by atoms with E-state index in [9.17, 15) is 5.11 Å². The number of rotatable bonds is 4. The second-order valence-corrected chi connectivity index (χ2v) is 5.78. The number of aromatic nitrogens is 3. The van der Waals surface area contributed by atoms with E-state index in [1.807, 2.05) is 0 Å². The van der Waals surface area contributed by atoms with E-state index in [-0.39, 0.29) is 5.75 Å². The van der Waals surface area contributed by atoms with E-state index in [0.717, 1.165) is 25.3 Å². The first-order chi connectivity index (χ1) is 10.7. The number of aromatic hydroxyl groups is 1. The van der Waals surface area contributed by atoms with Crippen LogP contribution < -0.4 is 0 Å². The summed E-state index contributed by atoms with van der Waals surface area (Å²) >= 11 is 5.41. The molecule has 1 aromatic carbocycles. The zero-order valence-corrected chi connectivity index (χ0v) is 13.1. The van der Waals surface area contributed by atoms with E-state index in [4.69, 9.17) is 12.2 Å². The molecular weight excluding hydrogens is 298 g/mol. The highest BCUT2D eigenvalue weighted by Crippen LogP contribution is 2.10. The van der Waals surface area contributed by atoms with Crippen LogP contribution in [0.1, 0.15) is 24.8 Å². The molecule has 1 aliphatic heterocycles. The van der Waals surface area contributed by atoms with Crippen LogP contribution in [0.5, 0.6) is 5.75 Å². The summed E-state index contributed by atoms with van der Waals surface area (Å²) in [5, 5.41) is 17.9. The van der Waals surface area contributed by atoms with Crippen molar-refractivity contribution >= 4 is 18.4 Å². The summed E-state index contributed by atoms with van der Waals surface area (Å²) in [6, 6.07) is 6.84. The molecule has 0 aliphatic carbocycles. The van der Waals surface area contributed by atoms with Crippen molar-refractivity contribution in [1.29, 1.82) is 0 Å². The Bertz CT molecular complexity index is 697. The molecule has 6 nitrogen and oxygen atoms in total. The van der Waals surface area contributed by atoms with Gasteiger partial charge in [-0.3, -0.25) is 4.90 Å². The third-order valence-corrected chi connectivity index (χ3v) is 4.12. The molecule has 2 aromatic rings. The molecule has 0 atom stereocenters. The van der Waals surface area contributed by atoms with Crippen LogP contribution in [0.4, 0.5) is 0 Å². The van der Waals surface area contributed by atoms with Gasteiger partial charge in [-0.25, -0.2) is 4.68 Å². The Hall–Kier alpha value is -1.99. The molecule has 1 aromatic heterocycles. The van der Waals surface area contributed by atoms with Crippen LogP contribution in [-0.2, 0) is 6.67 Å². The molecule has 7 heteroatoms. The largest absolute Gasteiger partial charge is 0.508 e. The van der Waals surface area contributed by atoms with E-state index >= 15 is 0 Å². The van der Waals surface area contributed by atoms with E-state index in [1.54, 1.807) is 46.2 Å². The lowest BCUT2D eigenvalue weighted by Gasteiger charge is -2.25. The fourth-order valence-electron chi connectivity index (χ4n) is 2.48. The summed E-state index contributed by atoms with van der Waals surface area (Å²) in [5.41, 5.74) is 0.892. The van der Waals surface area contributed by atoms with Crippen LogP contribution in [-0.4, -0.2) is 43.8 Å². The van der Waals surface area contributed by atoms with Crippen LogP contribution >= 0.6 is 12.2 Å². The number of phenolic OH excluding ortho intramolecular Hbond substituents is 1. The van der Waals surface area contributed by atoms with Gasteiger partial charge < -0.3 is 5.11 Å². The molecule has 2 heterocycles. The van der Waals surface area contributed by atoms with Gasteiger partial charge in [0.25, 0.3) is 0 Å². The van der Waals surface area contributed by atoms with Gasteiger partial charge in [0.2, 0.25) is 4.77 Å². The van der Waals surface area contributed by atoms with Gasteiger partial charge >= 0.3 is 0 Å². The van der Waals surface area contributed by atoms with Crippen molar-refractivity contribution in [3.8, 4) is 5.75 Å². The first-order valence-electron chi connectivity index (χ1n) is 7.42. The predicted octanol–water partition coefficient (Wildman–Crippen LogP) is 2.45. The maximum atomic E-state index is 9.26. The topological polar surface area (TPSA) is 58.6 Å². The molecule has 3 rings (SSSR count). The van der Waals surface area contributed by atoms with Crippen molar-refractivity contribution in [2.24, 2.45) is 5.10 Å². The van der Waals surface area contributed by atoms with Crippen molar-refractivity contribution in [1.82, 2.24) is 19.4 Å². The Labute approximate surface area is 134 Å². The van der Waals surface area contributed by atoms with Crippen molar-refractivity contribution in [2.75, 3.05) is 13.1 Å². The maximum Gasteiger partial charge on any atom is 0.220 e. The molecule has 0 radical (unpaired) electrons. The maximum absolute atomic E-state index is 9.26. The van der Waals surface area contributed by atoms with Gasteiger partial charge in [0.05, 0.1) is 12.9 Å². The van der Waals surface area contributed by atoms with E-state index < -0.39 is 0 Å². The minimum absolute atomic E-state index is 0.239. The van der Waals surface area contributed by atoms with Crippen LogP contribution in [0.25, 0.3) is 0 Å². The molecular formula is C15H19N5OS. The summed E-state index contributed by atoms with van der Waals surface area (Å²) in [5.74, 6) is 0.239. The Morgan fingerprint density at radius 3 is 2.64 bits per heavy atom. The van der Waals surface area contributed by atoms with E-state index in [1.165, 1.54) is 19.3 Å². The number of phenols is 1. The summed E-state index contributed by atoms with van der Waals surface area (Å²) in [7, 11) is 0. The van der Waals surface area contributed by atoms with Gasteiger partial charge in [-0.2, -0.15) is 14.9 Å². The molecule has 0 bridgehead atoms. The number of hydrogen-bond donors (Lipinski definition) is 1. The summed E-state index contributed by atoms with van der Waals surface area (Å²) in [6.07, 6.45) is 7.12. The van der Waals surface area contributed by atoms with Gasteiger partial charge in [-0.05, 0) is 68.0 Å².